The van der Waals surface area contributed by atoms with Crippen LogP contribution in [0.3, 0.4) is 0 Å². The zero-order valence-electron chi connectivity index (χ0n) is 10.7. The summed E-state index contributed by atoms with van der Waals surface area (Å²) in [4.78, 5) is 36.7. The lowest BCUT2D eigenvalue weighted by Crippen LogP contribution is -2.28. The maximum absolute atomic E-state index is 12.9. The highest BCUT2D eigenvalue weighted by Crippen LogP contribution is 2.31. The fourth-order valence-corrected chi connectivity index (χ4v) is 2.64. The Bertz CT molecular complexity index is 779. The van der Waals surface area contributed by atoms with E-state index in [1.54, 1.807) is 0 Å². The van der Waals surface area contributed by atoms with E-state index in [2.05, 4.69) is 4.98 Å². The first-order valence-corrected chi connectivity index (χ1v) is 7.17. The maximum Gasteiger partial charge on any atom is 0.337 e. The Morgan fingerprint density at radius 2 is 2.18 bits per heavy atom. The van der Waals surface area contributed by atoms with Crippen LogP contribution in [0.2, 0.25) is 0 Å². The number of halogens is 1. The van der Waals surface area contributed by atoms with Crippen LogP contribution in [0, 0.1) is 10.1 Å². The van der Waals surface area contributed by atoms with Crippen LogP contribution in [0.5, 0.6) is 0 Å². The van der Waals surface area contributed by atoms with Gasteiger partial charge in [0.15, 0.2) is 0 Å². The first-order valence-electron chi connectivity index (χ1n) is 5.73. The van der Waals surface area contributed by atoms with Crippen molar-refractivity contribution in [1.29, 1.82) is 0 Å². The normalized spacial score (nSPS) is 18.5. The minimum atomic E-state index is -4.99. The van der Waals surface area contributed by atoms with Crippen molar-refractivity contribution < 1.29 is 31.9 Å². The smallest absolute Gasteiger partial charge is 0.337 e. The number of nitro groups is 1. The summed E-state index contributed by atoms with van der Waals surface area (Å²) in [7, 11) is -4.99. The highest BCUT2D eigenvalue weighted by atomic mass is 32.3. The van der Waals surface area contributed by atoms with E-state index in [9.17, 15) is 32.0 Å². The summed E-state index contributed by atoms with van der Waals surface area (Å²) < 4.78 is 34.6. The molecule has 2 rings (SSSR count). The number of amides is 1. The van der Waals surface area contributed by atoms with Crippen molar-refractivity contribution in [3.63, 3.8) is 0 Å². The average molecular weight is 333 g/mol. The summed E-state index contributed by atoms with van der Waals surface area (Å²) >= 11 is 0. The second-order valence-electron chi connectivity index (χ2n) is 4.44. The molecule has 0 bridgehead atoms. The van der Waals surface area contributed by atoms with Crippen molar-refractivity contribution in [2.45, 2.75) is 11.7 Å². The number of carbonyl (C=O) groups is 2. The number of aromatic nitrogens is 1. The predicted octanol–water partition coefficient (Wildman–Crippen LogP) is 0.0926. The zero-order chi connectivity index (χ0) is 16.7. The summed E-state index contributed by atoms with van der Waals surface area (Å²) in [6.45, 7) is -0.627. The minimum absolute atomic E-state index is 0.475. The SMILES string of the molecule is O=C(O)c1cnc(N2CC(S(=O)(=O)F)CC2=O)c([N+](=O)[O-])c1. The highest BCUT2D eigenvalue weighted by molar-refractivity contribution is 7.87. The van der Waals surface area contributed by atoms with Gasteiger partial charge in [0.25, 0.3) is 0 Å². The fraction of sp³-hybridized carbons (Fsp3) is 0.300. The second-order valence-corrected chi connectivity index (χ2v) is 6.05. The topological polar surface area (TPSA) is 148 Å². The molecule has 0 spiro atoms. The van der Waals surface area contributed by atoms with Gasteiger partial charge >= 0.3 is 21.9 Å². The molecule has 1 N–H and O–H groups in total. The number of carbonyl (C=O) groups excluding carboxylic acids is 1. The summed E-state index contributed by atoms with van der Waals surface area (Å²) in [5.41, 5.74) is -1.26. The predicted molar refractivity (Wildman–Crippen MR) is 68.6 cm³/mol. The van der Waals surface area contributed by atoms with Crippen molar-refractivity contribution in [3.05, 3.63) is 27.9 Å². The second kappa shape index (κ2) is 5.29. The van der Waals surface area contributed by atoms with Crippen LogP contribution in [-0.2, 0) is 15.0 Å². The number of hydrogen-bond acceptors (Lipinski definition) is 7. The average Bonchev–Trinajstić information content (AvgIpc) is 2.79. The van der Waals surface area contributed by atoms with E-state index in [0.29, 0.717) is 11.0 Å². The van der Waals surface area contributed by atoms with Gasteiger partial charge in [-0.1, -0.05) is 0 Å². The lowest BCUT2D eigenvalue weighted by molar-refractivity contribution is -0.384. The number of aromatic carboxylic acids is 1. The van der Waals surface area contributed by atoms with Gasteiger partial charge in [0.2, 0.25) is 11.7 Å². The largest absolute Gasteiger partial charge is 0.478 e. The van der Waals surface area contributed by atoms with Gasteiger partial charge in [-0.05, 0) is 0 Å². The molecule has 1 unspecified atom stereocenters. The third-order valence-electron chi connectivity index (χ3n) is 3.03. The quantitative estimate of drug-likeness (QED) is 0.463. The van der Waals surface area contributed by atoms with Gasteiger partial charge in [0, 0.05) is 25.2 Å². The van der Waals surface area contributed by atoms with Crippen LogP contribution < -0.4 is 4.90 Å². The molecule has 1 aromatic rings. The van der Waals surface area contributed by atoms with E-state index in [1.807, 2.05) is 0 Å². The van der Waals surface area contributed by atoms with Gasteiger partial charge in [0.1, 0.15) is 5.25 Å². The van der Waals surface area contributed by atoms with Crippen molar-refractivity contribution >= 4 is 33.6 Å². The van der Waals surface area contributed by atoms with Crippen molar-refractivity contribution in [2.24, 2.45) is 0 Å². The van der Waals surface area contributed by atoms with Gasteiger partial charge in [-0.2, -0.15) is 8.42 Å². The summed E-state index contributed by atoms with van der Waals surface area (Å²) in [5, 5.41) is 18.1. The maximum atomic E-state index is 12.9. The van der Waals surface area contributed by atoms with Gasteiger partial charge in [0.05, 0.1) is 10.5 Å². The monoisotopic (exact) mass is 333 g/mol. The molecule has 1 fully saturated rings. The van der Waals surface area contributed by atoms with E-state index in [0.717, 1.165) is 6.20 Å². The number of nitrogens with zero attached hydrogens (tertiary/aromatic N) is 3. The minimum Gasteiger partial charge on any atom is -0.478 e. The molecule has 22 heavy (non-hydrogen) atoms. The van der Waals surface area contributed by atoms with Crippen LogP contribution in [-0.4, -0.2) is 47.1 Å². The molecular weight excluding hydrogens is 325 g/mol. The van der Waals surface area contributed by atoms with E-state index in [1.165, 1.54) is 0 Å². The van der Waals surface area contributed by atoms with Crippen molar-refractivity contribution in [2.75, 3.05) is 11.4 Å². The van der Waals surface area contributed by atoms with E-state index in [-0.39, 0.29) is 0 Å². The van der Waals surface area contributed by atoms with Crippen LogP contribution in [0.25, 0.3) is 0 Å². The van der Waals surface area contributed by atoms with Crippen molar-refractivity contribution in [1.82, 2.24) is 4.98 Å². The molecule has 1 aliphatic heterocycles. The van der Waals surface area contributed by atoms with Crippen LogP contribution in [0.15, 0.2) is 12.3 Å². The molecule has 0 radical (unpaired) electrons. The number of anilines is 1. The van der Waals surface area contributed by atoms with Gasteiger partial charge in [-0.15, -0.1) is 3.89 Å². The highest BCUT2D eigenvalue weighted by Gasteiger charge is 2.42. The lowest BCUT2D eigenvalue weighted by atomic mass is 10.2. The van der Waals surface area contributed by atoms with Gasteiger partial charge in [-0.3, -0.25) is 19.8 Å². The molecule has 1 aliphatic rings. The van der Waals surface area contributed by atoms with E-state index < -0.39 is 62.3 Å². The van der Waals surface area contributed by atoms with Crippen LogP contribution >= 0.6 is 0 Å². The molecule has 2 heterocycles. The molecular formula is C10H8FN3O7S. The Kier molecular flexibility index (Phi) is 3.79. The number of carboxylic acid groups (broad SMARTS) is 1. The Labute approximate surface area is 122 Å². The molecule has 0 saturated carbocycles. The third-order valence-corrected chi connectivity index (χ3v) is 4.15. The number of hydrogen-bond donors (Lipinski definition) is 1. The number of pyridine rings is 1. The van der Waals surface area contributed by atoms with Crippen LogP contribution in [0.1, 0.15) is 16.8 Å². The summed E-state index contributed by atoms with van der Waals surface area (Å²) in [5.74, 6) is -2.84. The standard InChI is InChI=1S/C10H8FN3O7S/c11-22(20,21)6-2-8(15)13(4-6)9-7(14(18)19)1-5(3-12-9)10(16)17/h1,3,6H,2,4H2,(H,16,17). The zero-order valence-corrected chi connectivity index (χ0v) is 11.5. The first-order chi connectivity index (χ1) is 10.1. The van der Waals surface area contributed by atoms with Crippen molar-refractivity contribution in [3.8, 4) is 0 Å². The molecule has 1 atom stereocenters. The Balaban J connectivity index is 2.47. The van der Waals surface area contributed by atoms with Gasteiger partial charge in [-0.25, -0.2) is 9.78 Å². The third kappa shape index (κ3) is 2.86. The molecule has 1 saturated heterocycles. The Hall–Kier alpha value is -2.63. The number of rotatable bonds is 4. The molecule has 0 aromatic carbocycles. The molecule has 1 aromatic heterocycles. The Morgan fingerprint density at radius 3 is 2.64 bits per heavy atom. The summed E-state index contributed by atoms with van der Waals surface area (Å²) in [6, 6.07) is 0.690. The molecule has 1 amide bonds. The van der Waals surface area contributed by atoms with Crippen LogP contribution in [0.4, 0.5) is 15.4 Å². The number of carboxylic acids is 1. The van der Waals surface area contributed by atoms with E-state index >= 15 is 0 Å². The Morgan fingerprint density at radius 1 is 1.55 bits per heavy atom. The van der Waals surface area contributed by atoms with E-state index in [4.69, 9.17) is 5.11 Å². The molecule has 0 aliphatic carbocycles. The first kappa shape index (κ1) is 15.8. The fourth-order valence-electron chi connectivity index (χ4n) is 1.97. The molecule has 12 heteroatoms. The molecule has 10 nitrogen and oxygen atoms in total. The van der Waals surface area contributed by atoms with Gasteiger partial charge < -0.3 is 5.11 Å². The summed E-state index contributed by atoms with van der Waals surface area (Å²) in [6.07, 6.45) is 0.119. The lowest BCUT2D eigenvalue weighted by Gasteiger charge is -2.14. The molecule has 118 valence electrons.